The molecule has 0 saturated carbocycles. The highest BCUT2D eigenvalue weighted by Gasteiger charge is 2.21. The van der Waals surface area contributed by atoms with Crippen LogP contribution in [-0.2, 0) is 6.67 Å². The van der Waals surface area contributed by atoms with Crippen LogP contribution < -0.4 is 9.80 Å². The second kappa shape index (κ2) is 7.66. The van der Waals surface area contributed by atoms with E-state index in [2.05, 4.69) is 72.4 Å². The van der Waals surface area contributed by atoms with Crippen LogP contribution in [0.5, 0.6) is 0 Å². The molecule has 0 bridgehead atoms. The van der Waals surface area contributed by atoms with Crippen LogP contribution in [0.1, 0.15) is 11.1 Å². The van der Waals surface area contributed by atoms with Crippen LogP contribution in [0.25, 0.3) is 5.69 Å². The van der Waals surface area contributed by atoms with Crippen molar-refractivity contribution in [3.05, 3.63) is 70.8 Å². The molecule has 27 heavy (non-hydrogen) atoms. The second-order valence-electron chi connectivity index (χ2n) is 7.30. The molecule has 0 amide bonds. The van der Waals surface area contributed by atoms with Crippen molar-refractivity contribution in [2.75, 3.05) is 31.1 Å². The number of para-hydroxylation sites is 1. The Bertz CT molecular complexity index is 968. The Morgan fingerprint density at radius 3 is 2.48 bits per heavy atom. The molecule has 1 N–H and O–H groups in total. The summed E-state index contributed by atoms with van der Waals surface area (Å²) in [5.41, 5.74) is 4.90. The minimum absolute atomic E-state index is 0.764. The third-order valence-electron chi connectivity index (χ3n) is 5.31. The lowest BCUT2D eigenvalue weighted by Gasteiger charge is -2.33. The van der Waals surface area contributed by atoms with Gasteiger partial charge in [0.1, 0.15) is 6.33 Å². The first-order valence-corrected chi connectivity index (χ1v) is 9.88. The first-order valence-electron chi connectivity index (χ1n) is 9.47. The molecule has 3 aromatic rings. The van der Waals surface area contributed by atoms with Gasteiger partial charge < -0.3 is 9.80 Å². The summed E-state index contributed by atoms with van der Waals surface area (Å²) in [6.45, 7) is 9.35. The van der Waals surface area contributed by atoms with Crippen molar-refractivity contribution in [3.63, 3.8) is 0 Å². The number of rotatable bonds is 4. The van der Waals surface area contributed by atoms with Gasteiger partial charge in [-0.1, -0.05) is 35.9 Å². The van der Waals surface area contributed by atoms with Gasteiger partial charge in [0.25, 0.3) is 0 Å². The molecule has 1 aliphatic heterocycles. The fourth-order valence-corrected chi connectivity index (χ4v) is 4.03. The Hall–Kier alpha value is -2.44. The number of aryl methyl sites for hydroxylation is 2. The highest BCUT2D eigenvalue weighted by atomic mass is 32.1. The third kappa shape index (κ3) is 3.82. The minimum Gasteiger partial charge on any atom is -0.360 e. The smallest absolute Gasteiger partial charge is 0.207 e. The Kier molecular flexibility index (Phi) is 5.09. The Morgan fingerprint density at radius 1 is 1.04 bits per heavy atom. The van der Waals surface area contributed by atoms with Crippen LogP contribution in [0, 0.1) is 18.6 Å². The first kappa shape index (κ1) is 17.9. The maximum Gasteiger partial charge on any atom is 0.207 e. The molecule has 6 heteroatoms. The highest BCUT2D eigenvalue weighted by molar-refractivity contribution is 7.71. The third-order valence-corrected chi connectivity index (χ3v) is 5.72. The van der Waals surface area contributed by atoms with Crippen LogP contribution in [0.15, 0.2) is 54.9 Å². The first-order chi connectivity index (χ1) is 13.1. The zero-order valence-corrected chi connectivity index (χ0v) is 16.7. The lowest BCUT2D eigenvalue weighted by Crippen LogP contribution is -3.14. The normalized spacial score (nSPS) is 15.3. The van der Waals surface area contributed by atoms with E-state index in [0.717, 1.165) is 43.3 Å². The predicted molar refractivity (Wildman–Crippen MR) is 111 cm³/mol. The van der Waals surface area contributed by atoms with Gasteiger partial charge in [-0.05, 0) is 49.8 Å². The van der Waals surface area contributed by atoms with Crippen LogP contribution >= 0.6 is 12.2 Å². The van der Waals surface area contributed by atoms with Crippen molar-refractivity contribution in [1.82, 2.24) is 14.3 Å². The van der Waals surface area contributed by atoms with Crippen LogP contribution in [-0.4, -0.2) is 40.5 Å². The molecule has 1 fully saturated rings. The van der Waals surface area contributed by atoms with E-state index in [1.54, 1.807) is 0 Å². The van der Waals surface area contributed by atoms with E-state index in [1.165, 1.54) is 21.7 Å². The van der Waals surface area contributed by atoms with Gasteiger partial charge in [-0.25, -0.2) is 0 Å². The van der Waals surface area contributed by atoms with E-state index in [1.807, 2.05) is 15.6 Å². The van der Waals surface area contributed by atoms with E-state index < -0.39 is 0 Å². The Balaban J connectivity index is 1.44. The summed E-state index contributed by atoms with van der Waals surface area (Å²) in [6, 6.07) is 17.1. The fraction of sp³-hybridized carbons (Fsp3) is 0.333. The van der Waals surface area contributed by atoms with E-state index in [4.69, 9.17) is 12.2 Å². The molecular formula is C21H26N5S+. The van der Waals surface area contributed by atoms with Crippen molar-refractivity contribution >= 4 is 17.9 Å². The molecule has 4 rings (SSSR count). The maximum atomic E-state index is 5.71. The van der Waals surface area contributed by atoms with Gasteiger partial charge in [-0.15, -0.1) is 0 Å². The number of nitrogens with zero attached hydrogens (tertiary/aromatic N) is 4. The fourth-order valence-electron chi connectivity index (χ4n) is 3.78. The quantitative estimate of drug-likeness (QED) is 0.705. The zero-order chi connectivity index (χ0) is 18.8. The van der Waals surface area contributed by atoms with Gasteiger partial charge >= 0.3 is 0 Å². The lowest BCUT2D eigenvalue weighted by atomic mass is 10.1. The molecule has 1 saturated heterocycles. The SMILES string of the molecule is Cc1ccc(-n2cnn(C[NH+]3CCN(c4ccccc4)CC3)c2=S)c(C)c1. The summed E-state index contributed by atoms with van der Waals surface area (Å²) in [5, 5.41) is 4.57. The van der Waals surface area contributed by atoms with Crippen molar-refractivity contribution in [2.24, 2.45) is 0 Å². The van der Waals surface area contributed by atoms with E-state index >= 15 is 0 Å². The van der Waals surface area contributed by atoms with Crippen LogP contribution in [0.2, 0.25) is 0 Å². The van der Waals surface area contributed by atoms with Crippen molar-refractivity contribution < 1.29 is 4.90 Å². The topological polar surface area (TPSA) is 30.4 Å². The molecule has 2 heterocycles. The number of anilines is 1. The number of benzene rings is 2. The average molecular weight is 381 g/mol. The number of quaternary nitrogens is 1. The summed E-state index contributed by atoms with van der Waals surface area (Å²) in [7, 11) is 0. The van der Waals surface area contributed by atoms with Crippen molar-refractivity contribution in [3.8, 4) is 5.69 Å². The molecule has 0 spiro atoms. The molecular weight excluding hydrogens is 354 g/mol. The van der Waals surface area contributed by atoms with E-state index in [9.17, 15) is 0 Å². The van der Waals surface area contributed by atoms with Gasteiger partial charge in [0.15, 0.2) is 6.67 Å². The van der Waals surface area contributed by atoms with Crippen molar-refractivity contribution in [1.29, 1.82) is 0 Å². The lowest BCUT2D eigenvalue weighted by molar-refractivity contribution is -0.924. The molecule has 0 unspecified atom stereocenters. The molecule has 1 aromatic heterocycles. The summed E-state index contributed by atoms with van der Waals surface area (Å²) in [5.74, 6) is 0. The molecule has 0 atom stereocenters. The molecule has 0 radical (unpaired) electrons. The second-order valence-corrected chi connectivity index (χ2v) is 7.67. The number of aromatic nitrogens is 3. The molecule has 1 aliphatic rings. The zero-order valence-electron chi connectivity index (χ0n) is 15.9. The number of hydrogen-bond acceptors (Lipinski definition) is 3. The van der Waals surface area contributed by atoms with Gasteiger partial charge in [0.05, 0.1) is 31.9 Å². The predicted octanol–water partition coefficient (Wildman–Crippen LogP) is 2.38. The molecule has 0 aliphatic carbocycles. The van der Waals surface area contributed by atoms with Gasteiger partial charge in [-0.2, -0.15) is 9.78 Å². The average Bonchev–Trinajstić information content (AvgIpc) is 3.03. The molecule has 140 valence electrons. The monoisotopic (exact) mass is 380 g/mol. The summed E-state index contributed by atoms with van der Waals surface area (Å²) < 4.78 is 4.74. The van der Waals surface area contributed by atoms with Crippen LogP contribution in [0.3, 0.4) is 0 Å². The summed E-state index contributed by atoms with van der Waals surface area (Å²) >= 11 is 5.71. The summed E-state index contributed by atoms with van der Waals surface area (Å²) in [6.07, 6.45) is 1.85. The van der Waals surface area contributed by atoms with Gasteiger partial charge in [-0.3, -0.25) is 4.57 Å². The van der Waals surface area contributed by atoms with E-state index in [-0.39, 0.29) is 0 Å². The summed E-state index contributed by atoms with van der Waals surface area (Å²) in [4.78, 5) is 3.97. The van der Waals surface area contributed by atoms with Gasteiger partial charge in [0.2, 0.25) is 4.77 Å². The van der Waals surface area contributed by atoms with Crippen LogP contribution in [0.4, 0.5) is 5.69 Å². The Labute approximate surface area is 165 Å². The molecule has 2 aromatic carbocycles. The number of nitrogens with one attached hydrogen (secondary N) is 1. The number of piperazine rings is 1. The van der Waals surface area contributed by atoms with E-state index in [0.29, 0.717) is 0 Å². The van der Waals surface area contributed by atoms with Gasteiger partial charge in [0, 0.05) is 5.69 Å². The highest BCUT2D eigenvalue weighted by Crippen LogP contribution is 2.16. The standard InChI is InChI=1S/C21H25N5S/c1-17-8-9-20(18(2)14-17)25-15-22-26(21(25)27)16-23-10-12-24(13-11-23)19-6-4-3-5-7-19/h3-9,14-15H,10-13,16H2,1-2H3/p+1. The molecule has 5 nitrogen and oxygen atoms in total. The van der Waals surface area contributed by atoms with Crippen molar-refractivity contribution in [2.45, 2.75) is 20.5 Å². The minimum atomic E-state index is 0.764. The number of hydrogen-bond donors (Lipinski definition) is 1. The maximum absolute atomic E-state index is 5.71. The largest absolute Gasteiger partial charge is 0.360 e. The Morgan fingerprint density at radius 2 is 1.78 bits per heavy atom.